The molecule has 0 heterocycles. The molecule has 0 spiro atoms. The fourth-order valence-electron chi connectivity index (χ4n) is 0.223. The topological polar surface area (TPSA) is 9.23 Å². The van der Waals surface area contributed by atoms with Crippen molar-refractivity contribution < 1.29 is 26.7 Å². The Bertz CT molecular complexity index is 153. The lowest BCUT2D eigenvalue weighted by atomic mass is 10.6. The molecule has 0 aliphatic heterocycles. The van der Waals surface area contributed by atoms with Crippen LogP contribution in [-0.2, 0) is 4.74 Å². The Kier molecular flexibility index (Phi) is 3.74. The monoisotopic (exact) mass is 196 g/mol. The summed E-state index contributed by atoms with van der Waals surface area (Å²) in [5.41, 5.74) is 0.0242. The van der Waals surface area contributed by atoms with Crippen LogP contribution in [0.15, 0.2) is 11.4 Å². The van der Waals surface area contributed by atoms with Gasteiger partial charge in [0.25, 0.3) is 6.36 Å². The maximum atomic E-state index is 11.8. The molecule has 66 valence electrons. The van der Waals surface area contributed by atoms with E-state index in [1.807, 2.05) is 0 Å². The zero-order chi connectivity index (χ0) is 9.07. The lowest BCUT2D eigenvalue weighted by Crippen LogP contribution is -2.20. The molecule has 0 bridgehead atoms. The quantitative estimate of drug-likeness (QED) is 0.617. The maximum Gasteiger partial charge on any atom is 0.525 e. The Morgan fingerprint density at radius 2 is 1.91 bits per heavy atom. The molecule has 0 fully saturated rings. The van der Waals surface area contributed by atoms with Crippen molar-refractivity contribution >= 4 is 11.6 Å². The number of ether oxygens (including phenoxy) is 1. The second-order valence-corrected chi connectivity index (χ2v) is 1.59. The molecule has 0 saturated carbocycles. The summed E-state index contributed by atoms with van der Waals surface area (Å²) in [4.78, 5) is 0. The summed E-state index contributed by atoms with van der Waals surface area (Å²) in [6, 6.07) is 0. The number of rotatable bonds is 2. The first-order chi connectivity index (χ1) is 4.87. The van der Waals surface area contributed by atoms with Gasteiger partial charge in [-0.25, -0.2) is 8.78 Å². The van der Waals surface area contributed by atoms with Crippen molar-refractivity contribution in [2.75, 3.05) is 0 Å². The van der Waals surface area contributed by atoms with E-state index < -0.39 is 18.5 Å². The minimum Gasteiger partial charge on any atom is -0.250 e. The first kappa shape index (κ1) is 10.6. The molecule has 0 aromatic rings. The van der Waals surface area contributed by atoms with E-state index in [9.17, 15) is 22.0 Å². The molecule has 1 nitrogen and oxygen atoms in total. The smallest absolute Gasteiger partial charge is 0.250 e. The molecule has 0 aliphatic rings. The van der Waals surface area contributed by atoms with Gasteiger partial charge in [-0.3, -0.25) is 4.74 Å². The van der Waals surface area contributed by atoms with Gasteiger partial charge in [0, 0.05) is 5.54 Å². The summed E-state index contributed by atoms with van der Waals surface area (Å²) in [5.74, 6) is -1.83. The molecule has 0 rings (SSSR count). The van der Waals surface area contributed by atoms with Crippen LogP contribution >= 0.6 is 11.6 Å². The van der Waals surface area contributed by atoms with Crippen LogP contribution in [0.4, 0.5) is 22.0 Å². The Morgan fingerprint density at radius 1 is 1.45 bits per heavy atom. The Labute approximate surface area is 63.4 Å². The van der Waals surface area contributed by atoms with Gasteiger partial charge in [-0.2, -0.15) is 0 Å². The van der Waals surface area contributed by atoms with Gasteiger partial charge in [0.15, 0.2) is 5.83 Å². The number of hydrogen-bond donors (Lipinski definition) is 0. The standard InChI is InChI=1S/C4H2ClF5O/c5-1-2(6)3(7)11-4(8,9)10/h1,3H. The van der Waals surface area contributed by atoms with E-state index >= 15 is 0 Å². The normalized spacial score (nSPS) is 16.7. The highest BCUT2D eigenvalue weighted by atomic mass is 35.5. The zero-order valence-corrected chi connectivity index (χ0v) is 5.59. The molecular formula is C4H2ClF5O. The molecule has 1 unspecified atom stereocenters. The predicted octanol–water partition coefficient (Wildman–Crippen LogP) is 2.87. The van der Waals surface area contributed by atoms with Crippen molar-refractivity contribution in [3.63, 3.8) is 0 Å². The van der Waals surface area contributed by atoms with Crippen molar-refractivity contribution in [1.82, 2.24) is 0 Å². The summed E-state index contributed by atoms with van der Waals surface area (Å²) < 4.78 is 59.5. The van der Waals surface area contributed by atoms with Gasteiger partial charge in [0.05, 0.1) is 0 Å². The third-order valence-corrected chi connectivity index (χ3v) is 0.767. The fourth-order valence-corrected chi connectivity index (χ4v) is 0.322. The average molecular weight is 197 g/mol. The van der Waals surface area contributed by atoms with Crippen molar-refractivity contribution in [3.05, 3.63) is 11.4 Å². The first-order valence-electron chi connectivity index (χ1n) is 2.21. The van der Waals surface area contributed by atoms with Crippen LogP contribution in [-0.4, -0.2) is 12.7 Å². The molecule has 0 aromatic heterocycles. The molecule has 7 heteroatoms. The average Bonchev–Trinajstić information content (AvgIpc) is 1.82. The SMILES string of the molecule is FC(=CCl)C(F)OC(F)(F)F. The molecule has 0 saturated heterocycles. The van der Waals surface area contributed by atoms with E-state index in [2.05, 4.69) is 16.3 Å². The van der Waals surface area contributed by atoms with Gasteiger partial charge in [-0.1, -0.05) is 11.6 Å². The fraction of sp³-hybridized carbons (Fsp3) is 0.500. The van der Waals surface area contributed by atoms with Crippen LogP contribution in [0.5, 0.6) is 0 Å². The number of hydrogen-bond acceptors (Lipinski definition) is 1. The van der Waals surface area contributed by atoms with Crippen LogP contribution in [0.1, 0.15) is 0 Å². The van der Waals surface area contributed by atoms with Crippen LogP contribution in [0.25, 0.3) is 0 Å². The van der Waals surface area contributed by atoms with Gasteiger partial charge in [-0.05, 0) is 0 Å². The zero-order valence-electron chi connectivity index (χ0n) is 4.83. The summed E-state index contributed by atoms with van der Waals surface area (Å²) in [7, 11) is 0. The summed E-state index contributed by atoms with van der Waals surface area (Å²) in [6.07, 6.45) is -8.40. The van der Waals surface area contributed by atoms with Crippen LogP contribution in [0.3, 0.4) is 0 Å². The van der Waals surface area contributed by atoms with Crippen molar-refractivity contribution in [2.45, 2.75) is 12.7 Å². The highest BCUT2D eigenvalue weighted by Crippen LogP contribution is 2.23. The van der Waals surface area contributed by atoms with Crippen LogP contribution < -0.4 is 0 Å². The molecule has 0 N–H and O–H groups in total. The van der Waals surface area contributed by atoms with Crippen molar-refractivity contribution in [2.24, 2.45) is 0 Å². The highest BCUT2D eigenvalue weighted by molar-refractivity contribution is 6.25. The van der Waals surface area contributed by atoms with Gasteiger partial charge in [-0.15, -0.1) is 13.2 Å². The third kappa shape index (κ3) is 4.97. The molecule has 0 radical (unpaired) electrons. The molecule has 0 amide bonds. The lowest BCUT2D eigenvalue weighted by molar-refractivity contribution is -0.355. The number of alkyl halides is 4. The largest absolute Gasteiger partial charge is 0.525 e. The molecule has 11 heavy (non-hydrogen) atoms. The predicted molar refractivity (Wildman–Crippen MR) is 27.1 cm³/mol. The van der Waals surface area contributed by atoms with E-state index in [-0.39, 0.29) is 5.54 Å². The summed E-state index contributed by atoms with van der Waals surface area (Å²) in [6.45, 7) is 0. The van der Waals surface area contributed by atoms with Crippen LogP contribution in [0, 0.1) is 0 Å². The highest BCUT2D eigenvalue weighted by Gasteiger charge is 2.35. The van der Waals surface area contributed by atoms with Gasteiger partial charge in [0.1, 0.15) is 0 Å². The molecule has 0 aliphatic carbocycles. The van der Waals surface area contributed by atoms with E-state index in [4.69, 9.17) is 0 Å². The first-order valence-corrected chi connectivity index (χ1v) is 2.65. The van der Waals surface area contributed by atoms with E-state index in [1.54, 1.807) is 0 Å². The van der Waals surface area contributed by atoms with Crippen molar-refractivity contribution in [1.29, 1.82) is 0 Å². The third-order valence-electron chi connectivity index (χ3n) is 0.558. The van der Waals surface area contributed by atoms with E-state index in [0.29, 0.717) is 0 Å². The summed E-state index contributed by atoms with van der Waals surface area (Å²) in [5, 5.41) is 0. The Balaban J connectivity index is 3.98. The van der Waals surface area contributed by atoms with Gasteiger partial charge in [0.2, 0.25) is 0 Å². The maximum absolute atomic E-state index is 11.8. The Hall–Kier alpha value is -0.360. The number of halogens is 6. The molecule has 0 aromatic carbocycles. The van der Waals surface area contributed by atoms with E-state index in [1.165, 1.54) is 0 Å². The minimum absolute atomic E-state index is 0.0242. The van der Waals surface area contributed by atoms with Gasteiger partial charge < -0.3 is 0 Å². The van der Waals surface area contributed by atoms with Gasteiger partial charge >= 0.3 is 6.36 Å². The van der Waals surface area contributed by atoms with Crippen molar-refractivity contribution in [3.8, 4) is 0 Å². The molecule has 1 atom stereocenters. The molecular weight excluding hydrogens is 194 g/mol. The Morgan fingerprint density at radius 3 is 2.18 bits per heavy atom. The second kappa shape index (κ2) is 3.87. The summed E-state index contributed by atoms with van der Waals surface area (Å²) >= 11 is 4.55. The minimum atomic E-state index is -5.21. The van der Waals surface area contributed by atoms with E-state index in [0.717, 1.165) is 0 Å². The second-order valence-electron chi connectivity index (χ2n) is 1.37. The lowest BCUT2D eigenvalue weighted by Gasteiger charge is -2.09. The van der Waals surface area contributed by atoms with Crippen LogP contribution in [0.2, 0.25) is 0 Å².